The fraction of sp³-hybridized carbons (Fsp3) is 0.429. The summed E-state index contributed by atoms with van der Waals surface area (Å²) in [6, 6.07) is 10.4. The molecule has 1 aromatic carbocycles. The first-order chi connectivity index (χ1) is 9.43. The highest BCUT2D eigenvalue weighted by atomic mass is 35.5. The average molecular weight is 311 g/mol. The van der Waals surface area contributed by atoms with Gasteiger partial charge in [0.25, 0.3) is 0 Å². The van der Waals surface area contributed by atoms with Gasteiger partial charge in [0.1, 0.15) is 11.6 Å². The van der Waals surface area contributed by atoms with Crippen molar-refractivity contribution in [1.29, 1.82) is 0 Å². The topological polar surface area (TPSA) is 42.7 Å². The number of aryl methyl sites for hydroxylation is 1. The lowest BCUT2D eigenvalue weighted by Crippen LogP contribution is -2.17. The molecular formula is C14H19ClN4S. The molecule has 0 atom stereocenters. The third kappa shape index (κ3) is 3.75. The SMILES string of the molecule is Cl.c1ccc(CNCc2nnc3n2CCSCC3)cc1. The summed E-state index contributed by atoms with van der Waals surface area (Å²) in [5.74, 6) is 4.53. The molecule has 1 N–H and O–H groups in total. The molecular weight excluding hydrogens is 292 g/mol. The van der Waals surface area contributed by atoms with Crippen molar-refractivity contribution in [3.05, 3.63) is 47.5 Å². The number of rotatable bonds is 4. The van der Waals surface area contributed by atoms with Gasteiger partial charge in [-0.05, 0) is 5.56 Å². The van der Waals surface area contributed by atoms with Crippen molar-refractivity contribution in [3.63, 3.8) is 0 Å². The Kier molecular flexibility index (Phi) is 5.88. The zero-order chi connectivity index (χ0) is 12.9. The van der Waals surface area contributed by atoms with Gasteiger partial charge < -0.3 is 9.88 Å². The Morgan fingerprint density at radius 2 is 1.95 bits per heavy atom. The Hall–Kier alpha value is -1.04. The second-order valence-electron chi connectivity index (χ2n) is 4.64. The van der Waals surface area contributed by atoms with Crippen LogP contribution in [0.5, 0.6) is 0 Å². The maximum Gasteiger partial charge on any atom is 0.147 e. The van der Waals surface area contributed by atoms with Crippen LogP contribution in [0.2, 0.25) is 0 Å². The van der Waals surface area contributed by atoms with E-state index in [1.54, 1.807) is 0 Å². The molecule has 0 saturated heterocycles. The van der Waals surface area contributed by atoms with Crippen LogP contribution in [0.1, 0.15) is 17.2 Å². The molecule has 0 spiro atoms. The predicted octanol–water partition coefficient (Wildman–Crippen LogP) is 2.28. The minimum atomic E-state index is 0. The first-order valence-corrected chi connectivity index (χ1v) is 7.82. The van der Waals surface area contributed by atoms with Gasteiger partial charge in [-0.25, -0.2) is 0 Å². The summed E-state index contributed by atoms with van der Waals surface area (Å²) in [4.78, 5) is 0. The summed E-state index contributed by atoms with van der Waals surface area (Å²) in [5, 5.41) is 12.1. The number of benzene rings is 1. The van der Waals surface area contributed by atoms with Crippen molar-refractivity contribution in [2.75, 3.05) is 11.5 Å². The number of halogens is 1. The van der Waals surface area contributed by atoms with E-state index in [1.165, 1.54) is 5.56 Å². The van der Waals surface area contributed by atoms with Gasteiger partial charge in [0.15, 0.2) is 0 Å². The third-order valence-electron chi connectivity index (χ3n) is 3.29. The molecule has 0 saturated carbocycles. The Balaban J connectivity index is 0.00000147. The molecule has 3 rings (SSSR count). The number of thioether (sulfide) groups is 1. The zero-order valence-corrected chi connectivity index (χ0v) is 12.9. The van der Waals surface area contributed by atoms with Crippen molar-refractivity contribution in [3.8, 4) is 0 Å². The number of fused-ring (bicyclic) bond motifs is 1. The van der Waals surface area contributed by atoms with E-state index in [0.717, 1.165) is 49.2 Å². The highest BCUT2D eigenvalue weighted by Gasteiger charge is 2.14. The third-order valence-corrected chi connectivity index (χ3v) is 4.25. The number of nitrogens with zero attached hydrogens (tertiary/aromatic N) is 3. The van der Waals surface area contributed by atoms with Crippen LogP contribution in [0.3, 0.4) is 0 Å². The van der Waals surface area contributed by atoms with E-state index < -0.39 is 0 Å². The van der Waals surface area contributed by atoms with Crippen molar-refractivity contribution < 1.29 is 0 Å². The largest absolute Gasteiger partial charge is 0.313 e. The molecule has 0 radical (unpaired) electrons. The van der Waals surface area contributed by atoms with Crippen molar-refractivity contribution in [1.82, 2.24) is 20.1 Å². The molecule has 1 aromatic heterocycles. The van der Waals surface area contributed by atoms with Gasteiger partial charge in [0.2, 0.25) is 0 Å². The number of hydrogen-bond acceptors (Lipinski definition) is 4. The van der Waals surface area contributed by atoms with E-state index in [0.29, 0.717) is 0 Å². The van der Waals surface area contributed by atoms with Crippen LogP contribution in [-0.4, -0.2) is 26.3 Å². The minimum Gasteiger partial charge on any atom is -0.313 e. The van der Waals surface area contributed by atoms with Gasteiger partial charge in [-0.3, -0.25) is 0 Å². The molecule has 20 heavy (non-hydrogen) atoms. The van der Waals surface area contributed by atoms with Crippen molar-refractivity contribution >= 4 is 24.2 Å². The summed E-state index contributed by atoms with van der Waals surface area (Å²) in [6.07, 6.45) is 1.04. The Bertz CT molecular complexity index is 529. The maximum atomic E-state index is 4.31. The number of aromatic nitrogens is 3. The van der Waals surface area contributed by atoms with Crippen LogP contribution < -0.4 is 5.32 Å². The highest BCUT2D eigenvalue weighted by Crippen LogP contribution is 2.14. The Labute approximate surface area is 129 Å². The monoisotopic (exact) mass is 310 g/mol. The standard InChI is InChI=1S/C14H18N4S.ClH/c1-2-4-12(5-3-1)10-15-11-14-17-16-13-6-8-19-9-7-18(13)14;/h1-5,15H,6-11H2;1H. The molecule has 0 fully saturated rings. The van der Waals surface area contributed by atoms with Crippen molar-refractivity contribution in [2.45, 2.75) is 26.1 Å². The average Bonchev–Trinajstić information content (AvgIpc) is 2.69. The molecule has 0 unspecified atom stereocenters. The van der Waals surface area contributed by atoms with Gasteiger partial charge in [-0.15, -0.1) is 22.6 Å². The molecule has 4 nitrogen and oxygen atoms in total. The summed E-state index contributed by atoms with van der Waals surface area (Å²) < 4.78 is 2.28. The predicted molar refractivity (Wildman–Crippen MR) is 85.3 cm³/mol. The van der Waals surface area contributed by atoms with Gasteiger partial charge in [0.05, 0.1) is 6.54 Å². The van der Waals surface area contributed by atoms with Gasteiger partial charge in [-0.2, -0.15) is 11.8 Å². The van der Waals surface area contributed by atoms with E-state index in [-0.39, 0.29) is 12.4 Å². The van der Waals surface area contributed by atoms with Crippen molar-refractivity contribution in [2.24, 2.45) is 0 Å². The van der Waals surface area contributed by atoms with E-state index in [1.807, 2.05) is 17.8 Å². The number of nitrogens with one attached hydrogen (secondary N) is 1. The molecule has 0 bridgehead atoms. The van der Waals surface area contributed by atoms with Crippen LogP contribution in [0, 0.1) is 0 Å². The van der Waals surface area contributed by atoms with Gasteiger partial charge in [0, 0.05) is 31.0 Å². The molecule has 6 heteroatoms. The molecule has 2 heterocycles. The lowest BCUT2D eigenvalue weighted by molar-refractivity contribution is 0.607. The van der Waals surface area contributed by atoms with E-state index in [4.69, 9.17) is 0 Å². The Morgan fingerprint density at radius 3 is 2.80 bits per heavy atom. The molecule has 2 aromatic rings. The van der Waals surface area contributed by atoms with Crippen LogP contribution in [0.4, 0.5) is 0 Å². The lowest BCUT2D eigenvalue weighted by Gasteiger charge is -2.07. The maximum absolute atomic E-state index is 4.31. The van der Waals surface area contributed by atoms with Gasteiger partial charge >= 0.3 is 0 Å². The van der Waals surface area contributed by atoms with E-state index >= 15 is 0 Å². The molecule has 108 valence electrons. The minimum absolute atomic E-state index is 0. The summed E-state index contributed by atoms with van der Waals surface area (Å²) in [6.45, 7) is 2.69. The summed E-state index contributed by atoms with van der Waals surface area (Å²) in [7, 11) is 0. The van der Waals surface area contributed by atoms with E-state index in [2.05, 4.69) is 44.3 Å². The second kappa shape index (κ2) is 7.67. The summed E-state index contributed by atoms with van der Waals surface area (Å²) >= 11 is 2.00. The lowest BCUT2D eigenvalue weighted by atomic mass is 10.2. The summed E-state index contributed by atoms with van der Waals surface area (Å²) in [5.41, 5.74) is 1.30. The van der Waals surface area contributed by atoms with Gasteiger partial charge in [-0.1, -0.05) is 30.3 Å². The van der Waals surface area contributed by atoms with E-state index in [9.17, 15) is 0 Å². The van der Waals surface area contributed by atoms with Crippen LogP contribution >= 0.6 is 24.2 Å². The first-order valence-electron chi connectivity index (χ1n) is 6.67. The quantitative estimate of drug-likeness (QED) is 0.941. The number of hydrogen-bond donors (Lipinski definition) is 1. The van der Waals surface area contributed by atoms with Crippen LogP contribution in [0.15, 0.2) is 30.3 Å². The second-order valence-corrected chi connectivity index (χ2v) is 5.86. The Morgan fingerprint density at radius 1 is 1.10 bits per heavy atom. The molecule has 1 aliphatic rings. The molecule has 0 amide bonds. The fourth-order valence-electron chi connectivity index (χ4n) is 2.28. The fourth-order valence-corrected chi connectivity index (χ4v) is 3.12. The normalized spacial score (nSPS) is 14.2. The van der Waals surface area contributed by atoms with Crippen LogP contribution in [0.25, 0.3) is 0 Å². The smallest absolute Gasteiger partial charge is 0.147 e. The highest BCUT2D eigenvalue weighted by molar-refractivity contribution is 7.99. The zero-order valence-electron chi connectivity index (χ0n) is 11.3. The first kappa shape index (κ1) is 15.4. The van der Waals surface area contributed by atoms with Crippen LogP contribution in [-0.2, 0) is 26.1 Å². The molecule has 0 aliphatic carbocycles. The molecule has 1 aliphatic heterocycles.